The first kappa shape index (κ1) is 17.5. The fraction of sp³-hybridized carbons (Fsp3) is 0.118. The van der Waals surface area contributed by atoms with E-state index in [-0.39, 0.29) is 30.5 Å². The molecular formula is C17H14N4O4S. The van der Waals surface area contributed by atoms with Gasteiger partial charge in [0.1, 0.15) is 17.8 Å². The van der Waals surface area contributed by atoms with Crippen LogP contribution in [0.25, 0.3) is 0 Å². The molecule has 1 N–H and O–H groups in total. The largest absolute Gasteiger partial charge is 0.479 e. The third-order valence-corrected chi connectivity index (χ3v) is 4.17. The summed E-state index contributed by atoms with van der Waals surface area (Å²) in [4.78, 5) is 30.3. The van der Waals surface area contributed by atoms with Crippen molar-refractivity contribution in [1.29, 1.82) is 0 Å². The SMILES string of the molecule is O=C(Cc1nc(COc2cccnc2[N+](=O)[O-])cs1)Nc1ccccc1. The number of carbonyl (C=O) groups is 1. The second-order valence-corrected chi connectivity index (χ2v) is 6.14. The van der Waals surface area contributed by atoms with Gasteiger partial charge < -0.3 is 20.2 Å². The van der Waals surface area contributed by atoms with Gasteiger partial charge in [-0.2, -0.15) is 0 Å². The van der Waals surface area contributed by atoms with E-state index in [0.717, 1.165) is 5.69 Å². The lowest BCUT2D eigenvalue weighted by atomic mass is 10.3. The molecule has 132 valence electrons. The molecule has 0 bridgehead atoms. The van der Waals surface area contributed by atoms with E-state index in [1.54, 1.807) is 23.6 Å². The van der Waals surface area contributed by atoms with Gasteiger partial charge in [-0.25, -0.2) is 4.98 Å². The number of pyridine rings is 1. The second kappa shape index (κ2) is 8.17. The predicted octanol–water partition coefficient (Wildman–Crippen LogP) is 3.21. The number of nitrogens with one attached hydrogen (secondary N) is 1. The zero-order valence-electron chi connectivity index (χ0n) is 13.5. The molecule has 0 saturated heterocycles. The highest BCUT2D eigenvalue weighted by Crippen LogP contribution is 2.24. The number of anilines is 1. The van der Waals surface area contributed by atoms with Crippen LogP contribution in [0, 0.1) is 10.1 Å². The van der Waals surface area contributed by atoms with Crippen LogP contribution >= 0.6 is 11.3 Å². The van der Waals surface area contributed by atoms with Crippen LogP contribution in [-0.4, -0.2) is 20.8 Å². The number of ether oxygens (including phenoxy) is 1. The molecule has 3 rings (SSSR count). The minimum absolute atomic E-state index is 0.0589. The van der Waals surface area contributed by atoms with Crippen LogP contribution in [-0.2, 0) is 17.8 Å². The number of nitrogens with zero attached hydrogens (tertiary/aromatic N) is 3. The van der Waals surface area contributed by atoms with Gasteiger partial charge in [-0.3, -0.25) is 4.79 Å². The zero-order valence-corrected chi connectivity index (χ0v) is 14.3. The number of rotatable bonds is 7. The highest BCUT2D eigenvalue weighted by Gasteiger charge is 2.16. The first-order valence-electron chi connectivity index (χ1n) is 7.62. The summed E-state index contributed by atoms with van der Waals surface area (Å²) in [6.07, 6.45) is 1.48. The Morgan fingerprint density at radius 3 is 2.81 bits per heavy atom. The van der Waals surface area contributed by atoms with Crippen LogP contribution < -0.4 is 10.1 Å². The normalized spacial score (nSPS) is 10.3. The van der Waals surface area contributed by atoms with E-state index in [9.17, 15) is 14.9 Å². The highest BCUT2D eigenvalue weighted by molar-refractivity contribution is 7.09. The molecule has 0 aliphatic rings. The Kier molecular flexibility index (Phi) is 5.49. The summed E-state index contributed by atoms with van der Waals surface area (Å²) < 4.78 is 5.44. The molecule has 1 amide bonds. The quantitative estimate of drug-likeness (QED) is 0.505. The fourth-order valence-electron chi connectivity index (χ4n) is 2.14. The number of aromatic nitrogens is 2. The van der Waals surface area contributed by atoms with Crippen molar-refractivity contribution in [1.82, 2.24) is 9.97 Å². The van der Waals surface area contributed by atoms with Crippen molar-refractivity contribution >= 4 is 28.7 Å². The van der Waals surface area contributed by atoms with Crippen molar-refractivity contribution in [2.45, 2.75) is 13.0 Å². The third kappa shape index (κ3) is 4.61. The lowest BCUT2D eigenvalue weighted by Gasteiger charge is -2.04. The first-order chi connectivity index (χ1) is 12.6. The maximum Gasteiger partial charge on any atom is 0.406 e. The van der Waals surface area contributed by atoms with Gasteiger partial charge in [-0.05, 0) is 34.2 Å². The molecule has 8 nitrogen and oxygen atoms in total. The number of hydrogen-bond donors (Lipinski definition) is 1. The number of hydrogen-bond acceptors (Lipinski definition) is 7. The molecule has 3 aromatic rings. The average molecular weight is 370 g/mol. The minimum Gasteiger partial charge on any atom is -0.479 e. The molecule has 0 fully saturated rings. The molecule has 0 spiro atoms. The molecule has 9 heteroatoms. The Labute approximate surface area is 152 Å². The van der Waals surface area contributed by atoms with E-state index in [2.05, 4.69) is 15.3 Å². The van der Waals surface area contributed by atoms with E-state index in [0.29, 0.717) is 10.7 Å². The van der Waals surface area contributed by atoms with Crippen LogP contribution in [0.4, 0.5) is 11.5 Å². The summed E-state index contributed by atoms with van der Waals surface area (Å²) in [6.45, 7) is 0.0589. The van der Waals surface area contributed by atoms with Crippen molar-refractivity contribution in [2.24, 2.45) is 0 Å². The molecule has 0 aliphatic heterocycles. The summed E-state index contributed by atoms with van der Waals surface area (Å²) in [5, 5.41) is 16.1. The van der Waals surface area contributed by atoms with Crippen molar-refractivity contribution in [3.63, 3.8) is 0 Å². The minimum atomic E-state index is -0.601. The molecule has 1 aromatic carbocycles. The van der Waals surface area contributed by atoms with Gasteiger partial charge in [-0.1, -0.05) is 18.2 Å². The number of benzene rings is 1. The maximum atomic E-state index is 12.0. The number of carbonyl (C=O) groups excluding carboxylic acids is 1. The highest BCUT2D eigenvalue weighted by atomic mass is 32.1. The smallest absolute Gasteiger partial charge is 0.406 e. The summed E-state index contributed by atoms with van der Waals surface area (Å²) in [5.74, 6) is -0.431. The summed E-state index contributed by atoms with van der Waals surface area (Å²) in [7, 11) is 0. The zero-order chi connectivity index (χ0) is 18.4. The van der Waals surface area contributed by atoms with Crippen molar-refractivity contribution in [2.75, 3.05) is 5.32 Å². The van der Waals surface area contributed by atoms with E-state index in [4.69, 9.17) is 4.74 Å². The standard InChI is InChI=1S/C17H14N4O4S/c22-15(19-12-5-2-1-3-6-12)9-16-20-13(11-26-16)10-25-14-7-4-8-18-17(14)21(23)24/h1-8,11H,9-10H2,(H,19,22). The van der Waals surface area contributed by atoms with Gasteiger partial charge in [0.2, 0.25) is 11.7 Å². The molecule has 2 aromatic heterocycles. The summed E-state index contributed by atoms with van der Waals surface area (Å²) in [6, 6.07) is 12.2. The molecule has 0 aliphatic carbocycles. The molecule has 2 heterocycles. The Bertz CT molecular complexity index is 914. The van der Waals surface area contributed by atoms with Crippen LogP contribution in [0.15, 0.2) is 54.0 Å². The molecule has 0 atom stereocenters. The van der Waals surface area contributed by atoms with Crippen LogP contribution in [0.5, 0.6) is 5.75 Å². The summed E-state index contributed by atoms with van der Waals surface area (Å²) in [5.41, 5.74) is 1.32. The van der Waals surface area contributed by atoms with Crippen LogP contribution in [0.3, 0.4) is 0 Å². The molecular weight excluding hydrogens is 356 g/mol. The Morgan fingerprint density at radius 2 is 2.04 bits per heavy atom. The average Bonchev–Trinajstić information content (AvgIpc) is 3.08. The maximum absolute atomic E-state index is 12.0. The number of para-hydroxylation sites is 1. The Hall–Kier alpha value is -3.33. The van der Waals surface area contributed by atoms with Gasteiger partial charge in [0, 0.05) is 11.1 Å². The van der Waals surface area contributed by atoms with E-state index < -0.39 is 4.92 Å². The number of thiazole rings is 1. The number of amides is 1. The fourth-order valence-corrected chi connectivity index (χ4v) is 2.92. The van der Waals surface area contributed by atoms with Crippen molar-refractivity contribution in [3.8, 4) is 5.75 Å². The topological polar surface area (TPSA) is 107 Å². The lowest BCUT2D eigenvalue weighted by Crippen LogP contribution is -2.14. The predicted molar refractivity (Wildman–Crippen MR) is 96.1 cm³/mol. The Morgan fingerprint density at radius 1 is 1.23 bits per heavy atom. The summed E-state index contributed by atoms with van der Waals surface area (Å²) >= 11 is 1.33. The van der Waals surface area contributed by atoms with Gasteiger partial charge in [0.15, 0.2) is 0 Å². The van der Waals surface area contributed by atoms with Crippen LogP contribution in [0.1, 0.15) is 10.7 Å². The first-order valence-corrected chi connectivity index (χ1v) is 8.50. The molecule has 0 unspecified atom stereocenters. The van der Waals surface area contributed by atoms with Crippen molar-refractivity contribution < 1.29 is 14.5 Å². The van der Waals surface area contributed by atoms with Gasteiger partial charge >= 0.3 is 5.82 Å². The third-order valence-electron chi connectivity index (χ3n) is 3.27. The van der Waals surface area contributed by atoms with E-state index in [1.807, 2.05) is 18.2 Å². The molecule has 0 saturated carbocycles. The van der Waals surface area contributed by atoms with Crippen LogP contribution in [0.2, 0.25) is 0 Å². The second-order valence-electron chi connectivity index (χ2n) is 5.19. The lowest BCUT2D eigenvalue weighted by molar-refractivity contribution is -0.390. The number of nitro groups is 1. The van der Waals surface area contributed by atoms with Gasteiger partial charge in [0.25, 0.3) is 0 Å². The molecule has 0 radical (unpaired) electrons. The van der Waals surface area contributed by atoms with Crippen molar-refractivity contribution in [3.05, 3.63) is 74.9 Å². The Balaban J connectivity index is 1.57. The van der Waals surface area contributed by atoms with Gasteiger partial charge in [-0.15, -0.1) is 11.3 Å². The van der Waals surface area contributed by atoms with Gasteiger partial charge in [0.05, 0.1) is 12.1 Å². The van der Waals surface area contributed by atoms with E-state index >= 15 is 0 Å². The van der Waals surface area contributed by atoms with E-state index in [1.165, 1.54) is 23.6 Å². The molecule has 26 heavy (non-hydrogen) atoms. The monoisotopic (exact) mass is 370 g/mol.